The van der Waals surface area contributed by atoms with Gasteiger partial charge in [0, 0.05) is 9.13 Å². The van der Waals surface area contributed by atoms with Gasteiger partial charge in [0.1, 0.15) is 11.7 Å². The Morgan fingerprint density at radius 1 is 1.21 bits per heavy atom. The summed E-state index contributed by atoms with van der Waals surface area (Å²) in [6, 6.07) is 14.6. The van der Waals surface area contributed by atoms with Gasteiger partial charge in [-0.05, 0) is 46.4 Å². The second-order valence-corrected chi connectivity index (χ2v) is 5.12. The Kier molecular flexibility index (Phi) is 4.27. The quantitative estimate of drug-likeness (QED) is 0.611. The summed E-state index contributed by atoms with van der Waals surface area (Å²) in [4.78, 5) is 12.4. The third-order valence-corrected chi connectivity index (χ3v) is 3.65. The molecule has 2 rings (SSSR count). The molecular formula is C15H9FINO. The Morgan fingerprint density at radius 3 is 2.58 bits per heavy atom. The topological polar surface area (TPSA) is 40.9 Å². The molecule has 0 N–H and O–H groups in total. The van der Waals surface area contributed by atoms with E-state index in [1.807, 2.05) is 34.7 Å². The molecule has 2 aromatic rings. The second kappa shape index (κ2) is 5.93. The Bertz CT molecular complexity index is 663. The number of carbonyl (C=O) groups excluding carboxylic acids is 1. The highest BCUT2D eigenvalue weighted by molar-refractivity contribution is 14.1. The first-order valence-corrected chi connectivity index (χ1v) is 6.65. The second-order valence-electron chi connectivity index (χ2n) is 3.96. The molecule has 0 saturated heterocycles. The summed E-state index contributed by atoms with van der Waals surface area (Å²) in [6.45, 7) is 0. The van der Waals surface area contributed by atoms with Crippen molar-refractivity contribution < 1.29 is 9.18 Å². The lowest BCUT2D eigenvalue weighted by Crippen LogP contribution is -2.12. The molecule has 94 valence electrons. The molecule has 0 saturated carbocycles. The van der Waals surface area contributed by atoms with Crippen LogP contribution in [0.4, 0.5) is 4.39 Å². The normalized spacial score (nSPS) is 11.6. The number of rotatable bonds is 3. The predicted octanol–water partition coefficient (Wildman–Crippen LogP) is 3.92. The third-order valence-electron chi connectivity index (χ3n) is 2.71. The van der Waals surface area contributed by atoms with Crippen LogP contribution in [0.5, 0.6) is 0 Å². The fourth-order valence-corrected chi connectivity index (χ4v) is 2.44. The van der Waals surface area contributed by atoms with E-state index in [1.54, 1.807) is 24.3 Å². The molecule has 0 aliphatic carbocycles. The number of benzene rings is 2. The molecule has 0 spiro atoms. The Labute approximate surface area is 124 Å². The van der Waals surface area contributed by atoms with E-state index < -0.39 is 11.7 Å². The van der Waals surface area contributed by atoms with Crippen LogP contribution < -0.4 is 0 Å². The maximum absolute atomic E-state index is 13.2. The van der Waals surface area contributed by atoms with Gasteiger partial charge in [0.15, 0.2) is 5.78 Å². The van der Waals surface area contributed by atoms with E-state index in [4.69, 9.17) is 0 Å². The van der Waals surface area contributed by atoms with Crippen LogP contribution in [0.3, 0.4) is 0 Å². The van der Waals surface area contributed by atoms with Crippen molar-refractivity contribution in [3.05, 3.63) is 69.0 Å². The number of ketones is 1. The molecule has 0 aliphatic rings. The van der Waals surface area contributed by atoms with Gasteiger partial charge in [0.05, 0.1) is 6.07 Å². The number of hydrogen-bond acceptors (Lipinski definition) is 2. The fraction of sp³-hybridized carbons (Fsp3) is 0.0667. The summed E-state index contributed by atoms with van der Waals surface area (Å²) >= 11 is 2.05. The van der Waals surface area contributed by atoms with Gasteiger partial charge < -0.3 is 0 Å². The summed E-state index contributed by atoms with van der Waals surface area (Å²) in [5, 5.41) is 9.20. The minimum Gasteiger partial charge on any atom is -0.292 e. The minimum atomic E-state index is -0.980. The first-order valence-electron chi connectivity index (χ1n) is 5.57. The van der Waals surface area contributed by atoms with Crippen LogP contribution in [0.1, 0.15) is 21.8 Å². The van der Waals surface area contributed by atoms with E-state index in [-0.39, 0.29) is 5.78 Å². The van der Waals surface area contributed by atoms with E-state index in [2.05, 4.69) is 0 Å². The number of Topliss-reactive ketones (excluding diaryl/α,β-unsaturated/α-hetero) is 1. The fourth-order valence-electron chi connectivity index (χ4n) is 1.79. The SMILES string of the molecule is N#CC(C(=O)c1ccccc1I)c1cccc(F)c1. The van der Waals surface area contributed by atoms with Crippen molar-refractivity contribution in [2.24, 2.45) is 0 Å². The summed E-state index contributed by atoms with van der Waals surface area (Å²) in [6.07, 6.45) is 0. The van der Waals surface area contributed by atoms with Crippen molar-refractivity contribution in [1.82, 2.24) is 0 Å². The summed E-state index contributed by atoms with van der Waals surface area (Å²) in [5.41, 5.74) is 0.867. The number of halogens is 2. The van der Waals surface area contributed by atoms with E-state index in [1.165, 1.54) is 18.2 Å². The van der Waals surface area contributed by atoms with E-state index in [0.717, 1.165) is 3.57 Å². The molecule has 0 radical (unpaired) electrons. The number of carbonyl (C=O) groups is 1. The molecule has 0 aromatic heterocycles. The maximum atomic E-state index is 13.2. The lowest BCUT2D eigenvalue weighted by atomic mass is 9.92. The van der Waals surface area contributed by atoms with E-state index >= 15 is 0 Å². The van der Waals surface area contributed by atoms with Crippen molar-refractivity contribution in [2.45, 2.75) is 5.92 Å². The smallest absolute Gasteiger partial charge is 0.185 e. The molecule has 0 heterocycles. The zero-order chi connectivity index (χ0) is 13.8. The molecule has 0 amide bonds. The summed E-state index contributed by atoms with van der Waals surface area (Å²) < 4.78 is 14.0. The Hall–Kier alpha value is -1.74. The maximum Gasteiger partial charge on any atom is 0.185 e. The molecule has 19 heavy (non-hydrogen) atoms. The highest BCUT2D eigenvalue weighted by Crippen LogP contribution is 2.23. The highest BCUT2D eigenvalue weighted by Gasteiger charge is 2.23. The van der Waals surface area contributed by atoms with Gasteiger partial charge in [-0.15, -0.1) is 0 Å². The van der Waals surface area contributed by atoms with E-state index in [9.17, 15) is 14.4 Å². The summed E-state index contributed by atoms with van der Waals surface area (Å²) in [5.74, 6) is -1.74. The molecule has 0 bridgehead atoms. The van der Waals surface area contributed by atoms with Gasteiger partial charge >= 0.3 is 0 Å². The van der Waals surface area contributed by atoms with Crippen molar-refractivity contribution in [2.75, 3.05) is 0 Å². The van der Waals surface area contributed by atoms with Gasteiger partial charge in [0.2, 0.25) is 0 Å². The third kappa shape index (κ3) is 2.99. The average Bonchev–Trinajstić information content (AvgIpc) is 2.40. The molecular weight excluding hydrogens is 356 g/mol. The standard InChI is InChI=1S/C15H9FINO/c16-11-5-3-4-10(8-11)13(9-18)15(19)12-6-1-2-7-14(12)17/h1-8,13H. The zero-order valence-electron chi connectivity index (χ0n) is 9.81. The first kappa shape index (κ1) is 13.7. The minimum absolute atomic E-state index is 0.307. The lowest BCUT2D eigenvalue weighted by Gasteiger charge is -2.10. The monoisotopic (exact) mass is 365 g/mol. The Balaban J connectivity index is 2.42. The molecule has 2 aromatic carbocycles. The average molecular weight is 365 g/mol. The van der Waals surface area contributed by atoms with Crippen LogP contribution in [0, 0.1) is 20.7 Å². The van der Waals surface area contributed by atoms with Crippen LogP contribution >= 0.6 is 22.6 Å². The molecule has 1 unspecified atom stereocenters. The largest absolute Gasteiger partial charge is 0.292 e. The number of hydrogen-bond donors (Lipinski definition) is 0. The van der Waals surface area contributed by atoms with Crippen molar-refractivity contribution >= 4 is 28.4 Å². The van der Waals surface area contributed by atoms with Gasteiger partial charge in [-0.25, -0.2) is 4.39 Å². The highest BCUT2D eigenvalue weighted by atomic mass is 127. The van der Waals surface area contributed by atoms with Crippen LogP contribution in [-0.2, 0) is 0 Å². The molecule has 0 fully saturated rings. The van der Waals surface area contributed by atoms with Crippen molar-refractivity contribution in [3.8, 4) is 6.07 Å². The lowest BCUT2D eigenvalue weighted by molar-refractivity contribution is 0.0978. The van der Waals surface area contributed by atoms with Gasteiger partial charge in [-0.2, -0.15) is 5.26 Å². The van der Waals surface area contributed by atoms with Gasteiger partial charge in [-0.1, -0.05) is 30.3 Å². The van der Waals surface area contributed by atoms with Crippen LogP contribution in [-0.4, -0.2) is 5.78 Å². The molecule has 0 aliphatic heterocycles. The molecule has 1 atom stereocenters. The molecule has 2 nitrogen and oxygen atoms in total. The van der Waals surface area contributed by atoms with Gasteiger partial charge in [-0.3, -0.25) is 4.79 Å². The van der Waals surface area contributed by atoms with Gasteiger partial charge in [0.25, 0.3) is 0 Å². The van der Waals surface area contributed by atoms with Crippen molar-refractivity contribution in [1.29, 1.82) is 5.26 Å². The van der Waals surface area contributed by atoms with Crippen LogP contribution in [0.25, 0.3) is 0 Å². The first-order chi connectivity index (χ1) is 9.13. The number of nitrogens with zero attached hydrogens (tertiary/aromatic N) is 1. The molecule has 4 heteroatoms. The zero-order valence-corrected chi connectivity index (χ0v) is 12.0. The van der Waals surface area contributed by atoms with E-state index in [0.29, 0.717) is 11.1 Å². The Morgan fingerprint density at radius 2 is 1.95 bits per heavy atom. The van der Waals surface area contributed by atoms with Crippen LogP contribution in [0.2, 0.25) is 0 Å². The van der Waals surface area contributed by atoms with Crippen LogP contribution in [0.15, 0.2) is 48.5 Å². The number of nitriles is 1. The predicted molar refractivity (Wildman–Crippen MR) is 78.2 cm³/mol. The summed E-state index contributed by atoms with van der Waals surface area (Å²) in [7, 11) is 0. The van der Waals surface area contributed by atoms with Crippen molar-refractivity contribution in [3.63, 3.8) is 0 Å².